The van der Waals surface area contributed by atoms with Gasteiger partial charge in [0.2, 0.25) is 0 Å². The van der Waals surface area contributed by atoms with Crippen molar-refractivity contribution in [3.63, 3.8) is 0 Å². The van der Waals surface area contributed by atoms with Crippen LogP contribution in [0.1, 0.15) is 17.3 Å². The number of aromatic nitrogens is 1. The van der Waals surface area contributed by atoms with Crippen LogP contribution in [-0.4, -0.2) is 54.5 Å². The van der Waals surface area contributed by atoms with Crippen molar-refractivity contribution in [2.24, 2.45) is 0 Å². The Morgan fingerprint density at radius 3 is 2.49 bits per heavy atom. The zero-order valence-corrected chi connectivity index (χ0v) is 19.7. The Labute approximate surface area is 204 Å². The number of nitrogens with one attached hydrogen (secondary N) is 2. The Balaban J connectivity index is 1.35. The third-order valence-corrected chi connectivity index (χ3v) is 6.42. The third-order valence-electron chi connectivity index (χ3n) is 6.42. The quantitative estimate of drug-likeness (QED) is 0.435. The van der Waals surface area contributed by atoms with Gasteiger partial charge >= 0.3 is 11.8 Å². The van der Waals surface area contributed by atoms with E-state index in [0.717, 1.165) is 46.0 Å². The smallest absolute Gasteiger partial charge is 0.313 e. The van der Waals surface area contributed by atoms with Crippen LogP contribution in [0.25, 0.3) is 21.7 Å². The van der Waals surface area contributed by atoms with E-state index in [2.05, 4.69) is 44.8 Å². The van der Waals surface area contributed by atoms with Crippen LogP contribution in [-0.2, 0) is 14.3 Å². The van der Waals surface area contributed by atoms with Crippen molar-refractivity contribution in [2.45, 2.75) is 13.0 Å². The molecule has 0 bridgehead atoms. The summed E-state index contributed by atoms with van der Waals surface area (Å²) in [5, 5.41) is 8.73. The number of hydrogen-bond donors (Lipinski definition) is 2. The molecule has 5 rings (SSSR count). The van der Waals surface area contributed by atoms with Crippen molar-refractivity contribution < 1.29 is 14.3 Å². The Hall–Kier alpha value is -3.81. The van der Waals surface area contributed by atoms with E-state index < -0.39 is 11.8 Å². The van der Waals surface area contributed by atoms with Crippen LogP contribution >= 0.6 is 0 Å². The summed E-state index contributed by atoms with van der Waals surface area (Å²) in [6, 6.07) is 23.7. The standard InChI is InChI=1S/C28H28N4O3/c1-19-17-25(23-10-4-5-12-24(23)30-19)31-28(34)27(33)29-18-26(32-13-15-35-16-14-32)22-11-6-8-20-7-2-3-9-21(20)22/h2-12,17,26H,13-16,18H2,1H3,(H,29,33)(H,30,31,34)/t26-/m1/s1. The molecular weight excluding hydrogens is 440 g/mol. The Kier molecular flexibility index (Phi) is 6.70. The van der Waals surface area contributed by atoms with E-state index in [1.807, 2.05) is 49.4 Å². The van der Waals surface area contributed by atoms with Crippen molar-refractivity contribution in [2.75, 3.05) is 38.2 Å². The van der Waals surface area contributed by atoms with Crippen molar-refractivity contribution in [3.05, 3.63) is 84.1 Å². The van der Waals surface area contributed by atoms with Gasteiger partial charge in [-0.1, -0.05) is 60.7 Å². The minimum Gasteiger partial charge on any atom is -0.379 e. The number of nitrogens with zero attached hydrogens (tertiary/aromatic N) is 2. The maximum atomic E-state index is 12.9. The van der Waals surface area contributed by atoms with Crippen molar-refractivity contribution in [1.29, 1.82) is 0 Å². The zero-order valence-electron chi connectivity index (χ0n) is 19.7. The fourth-order valence-electron chi connectivity index (χ4n) is 4.73. The molecule has 0 aliphatic carbocycles. The Morgan fingerprint density at radius 2 is 1.66 bits per heavy atom. The highest BCUT2D eigenvalue weighted by Crippen LogP contribution is 2.29. The molecule has 7 heteroatoms. The van der Waals surface area contributed by atoms with Crippen molar-refractivity contribution in [3.8, 4) is 0 Å². The van der Waals surface area contributed by atoms with Gasteiger partial charge in [-0.3, -0.25) is 19.5 Å². The molecule has 3 aromatic carbocycles. The molecule has 2 heterocycles. The van der Waals surface area contributed by atoms with Gasteiger partial charge in [-0.15, -0.1) is 0 Å². The number of morpholine rings is 1. The van der Waals surface area contributed by atoms with Gasteiger partial charge in [-0.25, -0.2) is 0 Å². The maximum absolute atomic E-state index is 12.9. The highest BCUT2D eigenvalue weighted by Gasteiger charge is 2.26. The molecule has 2 amide bonds. The largest absolute Gasteiger partial charge is 0.379 e. The average molecular weight is 469 g/mol. The van der Waals surface area contributed by atoms with E-state index in [0.29, 0.717) is 25.4 Å². The zero-order chi connectivity index (χ0) is 24.2. The van der Waals surface area contributed by atoms with Crippen LogP contribution in [0.2, 0.25) is 0 Å². The van der Waals surface area contributed by atoms with E-state index in [1.165, 1.54) is 0 Å². The molecule has 1 saturated heterocycles. The first-order valence-electron chi connectivity index (χ1n) is 11.9. The summed E-state index contributed by atoms with van der Waals surface area (Å²) < 4.78 is 5.55. The van der Waals surface area contributed by atoms with Gasteiger partial charge in [0.15, 0.2) is 0 Å². The monoisotopic (exact) mass is 468 g/mol. The van der Waals surface area contributed by atoms with Gasteiger partial charge < -0.3 is 15.4 Å². The van der Waals surface area contributed by atoms with E-state index >= 15 is 0 Å². The van der Waals surface area contributed by atoms with Gasteiger partial charge in [-0.2, -0.15) is 0 Å². The number of fused-ring (bicyclic) bond motifs is 2. The molecule has 4 aromatic rings. The molecule has 0 unspecified atom stereocenters. The highest BCUT2D eigenvalue weighted by molar-refractivity contribution is 6.40. The molecule has 0 spiro atoms. The molecule has 0 saturated carbocycles. The third kappa shape index (κ3) is 5.01. The number of rotatable bonds is 5. The predicted molar refractivity (Wildman–Crippen MR) is 137 cm³/mol. The lowest BCUT2D eigenvalue weighted by atomic mass is 9.97. The maximum Gasteiger partial charge on any atom is 0.313 e. The second kappa shape index (κ2) is 10.2. The molecule has 1 atom stereocenters. The van der Waals surface area contributed by atoms with Crippen LogP contribution in [0.15, 0.2) is 72.8 Å². The number of carbonyl (C=O) groups is 2. The molecule has 35 heavy (non-hydrogen) atoms. The topological polar surface area (TPSA) is 83.6 Å². The number of para-hydroxylation sites is 1. The number of carbonyl (C=O) groups excluding carboxylic acids is 2. The number of benzene rings is 3. The molecule has 178 valence electrons. The first-order chi connectivity index (χ1) is 17.1. The number of hydrogen-bond acceptors (Lipinski definition) is 5. The summed E-state index contributed by atoms with van der Waals surface area (Å²) >= 11 is 0. The van der Waals surface area contributed by atoms with Crippen LogP contribution in [0.4, 0.5) is 5.69 Å². The van der Waals surface area contributed by atoms with Crippen molar-refractivity contribution in [1.82, 2.24) is 15.2 Å². The Morgan fingerprint density at radius 1 is 0.943 bits per heavy atom. The van der Waals surface area contributed by atoms with Gasteiger partial charge in [0.25, 0.3) is 0 Å². The fraction of sp³-hybridized carbons (Fsp3) is 0.250. The van der Waals surface area contributed by atoms with Gasteiger partial charge in [0, 0.05) is 30.7 Å². The van der Waals surface area contributed by atoms with Gasteiger partial charge in [-0.05, 0) is 35.4 Å². The van der Waals surface area contributed by atoms with Crippen LogP contribution < -0.4 is 10.6 Å². The normalized spacial score (nSPS) is 15.1. The molecular formula is C28H28N4O3. The molecule has 2 N–H and O–H groups in total. The summed E-state index contributed by atoms with van der Waals surface area (Å²) in [6.45, 7) is 4.99. The van der Waals surface area contributed by atoms with E-state index in [-0.39, 0.29) is 6.04 Å². The highest BCUT2D eigenvalue weighted by atomic mass is 16.5. The Bertz CT molecular complexity index is 1380. The average Bonchev–Trinajstić information content (AvgIpc) is 2.89. The van der Waals surface area contributed by atoms with Crippen molar-refractivity contribution >= 4 is 39.2 Å². The lowest BCUT2D eigenvalue weighted by molar-refractivity contribution is -0.136. The van der Waals surface area contributed by atoms with E-state index in [1.54, 1.807) is 6.07 Å². The number of amides is 2. The lowest BCUT2D eigenvalue weighted by Gasteiger charge is -2.35. The first-order valence-corrected chi connectivity index (χ1v) is 11.9. The summed E-state index contributed by atoms with van der Waals surface area (Å²) in [4.78, 5) is 32.5. The predicted octanol–water partition coefficient (Wildman–Crippen LogP) is 3.82. The van der Waals surface area contributed by atoms with Crippen LogP contribution in [0.5, 0.6) is 0 Å². The van der Waals surface area contributed by atoms with Crippen LogP contribution in [0, 0.1) is 6.92 Å². The van der Waals surface area contributed by atoms with E-state index in [4.69, 9.17) is 4.74 Å². The number of aryl methyl sites for hydroxylation is 1. The summed E-state index contributed by atoms with van der Waals surface area (Å²) in [5.74, 6) is -1.36. The molecule has 1 aromatic heterocycles. The molecule has 1 aliphatic rings. The van der Waals surface area contributed by atoms with Gasteiger partial charge in [0.1, 0.15) is 0 Å². The van der Waals surface area contributed by atoms with Gasteiger partial charge in [0.05, 0.1) is 30.5 Å². The van der Waals surface area contributed by atoms with Crippen LogP contribution in [0.3, 0.4) is 0 Å². The summed E-state index contributed by atoms with van der Waals surface area (Å²) in [5.41, 5.74) is 3.24. The molecule has 0 radical (unpaired) electrons. The molecule has 1 fully saturated rings. The fourth-order valence-corrected chi connectivity index (χ4v) is 4.73. The minimum atomic E-state index is -0.695. The second-order valence-corrected chi connectivity index (χ2v) is 8.73. The van der Waals surface area contributed by atoms with E-state index in [9.17, 15) is 9.59 Å². The number of ether oxygens (including phenoxy) is 1. The number of anilines is 1. The lowest BCUT2D eigenvalue weighted by Crippen LogP contribution is -2.45. The summed E-state index contributed by atoms with van der Waals surface area (Å²) in [6.07, 6.45) is 0. The molecule has 7 nitrogen and oxygen atoms in total. The molecule has 1 aliphatic heterocycles. The number of pyridine rings is 1. The summed E-state index contributed by atoms with van der Waals surface area (Å²) in [7, 11) is 0. The second-order valence-electron chi connectivity index (χ2n) is 8.73. The SMILES string of the molecule is Cc1cc(NC(=O)C(=O)NC[C@H](c2cccc3ccccc23)N2CCOCC2)c2ccccc2n1. The first kappa shape index (κ1) is 23.0. The minimum absolute atomic E-state index is 0.0780.